The largest absolute Gasteiger partial charge is 0.493 e. The zero-order valence-corrected chi connectivity index (χ0v) is 22.6. The van der Waals surface area contributed by atoms with Gasteiger partial charge < -0.3 is 58.3 Å². The summed E-state index contributed by atoms with van der Waals surface area (Å²) in [5, 5.41) is 40.9. The topological polar surface area (TPSA) is 172 Å². The number of aliphatic hydroxyl groups is 4. The number of esters is 1. The summed E-state index contributed by atoms with van der Waals surface area (Å²) in [7, 11) is 4.52. The Morgan fingerprint density at radius 1 is 0.902 bits per heavy atom. The van der Waals surface area contributed by atoms with Crippen LogP contribution in [0.5, 0.6) is 34.5 Å². The maximum absolute atomic E-state index is 13.1. The van der Waals surface area contributed by atoms with Gasteiger partial charge in [0.15, 0.2) is 23.0 Å². The van der Waals surface area contributed by atoms with Gasteiger partial charge in [-0.15, -0.1) is 0 Å². The van der Waals surface area contributed by atoms with Crippen molar-refractivity contribution in [2.24, 2.45) is 11.8 Å². The SMILES string of the molecule is COc1cc([C@@H]2c3cc4c(c(O[C@H]5O[C@@H](CO)[C@@H](O)[C@@H](O)[C@H]5O)c3C[C@H]3COC(=O)[C@@H]32)OCO4)cc(OC)c1OC. The Kier molecular flexibility index (Phi) is 7.24. The average Bonchev–Trinajstić information content (AvgIpc) is 3.61. The van der Waals surface area contributed by atoms with E-state index in [9.17, 15) is 25.2 Å². The van der Waals surface area contributed by atoms with Gasteiger partial charge >= 0.3 is 5.97 Å². The highest BCUT2D eigenvalue weighted by molar-refractivity contribution is 5.79. The second-order valence-corrected chi connectivity index (χ2v) is 10.4. The molecule has 0 radical (unpaired) electrons. The monoisotopic (exact) mass is 576 g/mol. The molecule has 41 heavy (non-hydrogen) atoms. The maximum Gasteiger partial charge on any atom is 0.310 e. The third kappa shape index (κ3) is 4.39. The summed E-state index contributed by atoms with van der Waals surface area (Å²) >= 11 is 0. The van der Waals surface area contributed by atoms with Crippen molar-refractivity contribution in [1.82, 2.24) is 0 Å². The predicted octanol–water partition coefficient (Wildman–Crippen LogP) is 0.0970. The van der Waals surface area contributed by atoms with Crippen molar-refractivity contribution >= 4 is 5.97 Å². The number of hydrogen-bond donors (Lipinski definition) is 4. The first-order valence-electron chi connectivity index (χ1n) is 13.2. The van der Waals surface area contributed by atoms with Crippen LogP contribution < -0.4 is 28.4 Å². The van der Waals surface area contributed by atoms with Crippen LogP contribution in [-0.4, -0.2) is 98.4 Å². The Labute approximate surface area is 235 Å². The second-order valence-electron chi connectivity index (χ2n) is 10.4. The van der Waals surface area contributed by atoms with E-state index in [1.165, 1.54) is 21.3 Å². The van der Waals surface area contributed by atoms with Crippen molar-refractivity contribution in [3.05, 3.63) is 34.9 Å². The highest BCUT2D eigenvalue weighted by Gasteiger charge is 2.51. The van der Waals surface area contributed by atoms with Gasteiger partial charge in [-0.2, -0.15) is 0 Å². The lowest BCUT2D eigenvalue weighted by Crippen LogP contribution is -2.60. The van der Waals surface area contributed by atoms with Gasteiger partial charge in [0.05, 0.1) is 40.5 Å². The summed E-state index contributed by atoms with van der Waals surface area (Å²) in [6.45, 7) is -0.507. The molecule has 1 aliphatic carbocycles. The highest BCUT2D eigenvalue weighted by atomic mass is 16.7. The van der Waals surface area contributed by atoms with Crippen LogP contribution in [0.1, 0.15) is 22.6 Å². The molecule has 4 aliphatic rings. The number of methoxy groups -OCH3 is 3. The van der Waals surface area contributed by atoms with Crippen LogP contribution in [0, 0.1) is 11.8 Å². The highest BCUT2D eigenvalue weighted by Crippen LogP contribution is 2.56. The molecule has 4 N–H and O–H groups in total. The number of carbonyl (C=O) groups excluding carboxylic acids is 1. The summed E-state index contributed by atoms with van der Waals surface area (Å²) < 4.78 is 45.5. The predicted molar refractivity (Wildman–Crippen MR) is 137 cm³/mol. The summed E-state index contributed by atoms with van der Waals surface area (Å²) in [4.78, 5) is 13.1. The fourth-order valence-electron chi connectivity index (χ4n) is 6.26. The van der Waals surface area contributed by atoms with E-state index in [2.05, 4.69) is 0 Å². The van der Waals surface area contributed by atoms with Crippen LogP contribution in [0.25, 0.3) is 0 Å². The lowest BCUT2D eigenvalue weighted by molar-refractivity contribution is -0.277. The normalized spacial score (nSPS) is 31.6. The molecule has 6 rings (SSSR count). The fourth-order valence-corrected chi connectivity index (χ4v) is 6.26. The molecule has 0 spiro atoms. The number of aliphatic hydroxyl groups excluding tert-OH is 4. The third-order valence-corrected chi connectivity index (χ3v) is 8.27. The first-order valence-corrected chi connectivity index (χ1v) is 13.2. The summed E-state index contributed by atoms with van der Waals surface area (Å²) in [5.74, 6) is 0.409. The number of fused-ring (bicyclic) bond motifs is 3. The van der Waals surface area contributed by atoms with Crippen LogP contribution >= 0.6 is 0 Å². The lowest BCUT2D eigenvalue weighted by Gasteiger charge is -2.40. The standard InChI is InChI=1S/C28H32O13/c1-34-15-5-11(6-16(35-2)25(15)36-3)19-13-7-17-26(39-10-38-17)24(14(13)4-12-9-37-27(33)20(12)19)41-28-23(32)22(31)21(30)18(8-29)40-28/h5-7,12,18-23,28-32H,4,8-10H2,1-3H3/t12-,18-,19+,20-,21+,22+,23+,28+/m0/s1. The fraction of sp³-hybridized carbons (Fsp3) is 0.536. The minimum atomic E-state index is -1.64. The molecular formula is C28H32O13. The van der Waals surface area contributed by atoms with E-state index in [-0.39, 0.29) is 36.8 Å². The number of cyclic esters (lactones) is 1. The van der Waals surface area contributed by atoms with Crippen molar-refractivity contribution in [3.63, 3.8) is 0 Å². The Hall–Kier alpha value is -3.49. The molecule has 0 bridgehead atoms. The van der Waals surface area contributed by atoms with Gasteiger partial charge in [0, 0.05) is 17.4 Å². The summed E-state index contributed by atoms with van der Waals surface area (Å²) in [5.41, 5.74) is 2.07. The zero-order chi connectivity index (χ0) is 29.0. The van der Waals surface area contributed by atoms with Gasteiger partial charge in [-0.25, -0.2) is 0 Å². The molecule has 2 aromatic rings. The van der Waals surface area contributed by atoms with E-state index >= 15 is 0 Å². The first kappa shape index (κ1) is 27.7. The van der Waals surface area contributed by atoms with Gasteiger partial charge in [-0.3, -0.25) is 4.79 Å². The van der Waals surface area contributed by atoms with E-state index in [1.807, 2.05) is 0 Å². The minimum absolute atomic E-state index is 0.0903. The van der Waals surface area contributed by atoms with Crippen LogP contribution in [0.2, 0.25) is 0 Å². The molecule has 0 aromatic heterocycles. The number of ether oxygens (including phenoxy) is 8. The molecule has 13 nitrogen and oxygen atoms in total. The molecule has 0 amide bonds. The molecule has 0 unspecified atom stereocenters. The maximum atomic E-state index is 13.1. The first-order chi connectivity index (χ1) is 19.8. The number of hydrogen-bond acceptors (Lipinski definition) is 13. The molecule has 3 aliphatic heterocycles. The van der Waals surface area contributed by atoms with Crippen molar-refractivity contribution in [2.75, 3.05) is 41.3 Å². The Balaban J connectivity index is 1.51. The van der Waals surface area contributed by atoms with E-state index in [0.29, 0.717) is 46.1 Å². The van der Waals surface area contributed by atoms with Gasteiger partial charge in [-0.1, -0.05) is 0 Å². The van der Waals surface area contributed by atoms with Gasteiger partial charge in [0.25, 0.3) is 0 Å². The van der Waals surface area contributed by atoms with Crippen molar-refractivity contribution in [1.29, 1.82) is 0 Å². The zero-order valence-electron chi connectivity index (χ0n) is 22.6. The van der Waals surface area contributed by atoms with Crippen molar-refractivity contribution in [2.45, 2.75) is 43.0 Å². The van der Waals surface area contributed by atoms with Gasteiger partial charge in [0.2, 0.25) is 24.6 Å². The molecule has 0 saturated carbocycles. The van der Waals surface area contributed by atoms with Crippen LogP contribution in [0.15, 0.2) is 18.2 Å². The Bertz CT molecular complexity index is 1300. The molecule has 2 aromatic carbocycles. The third-order valence-electron chi connectivity index (χ3n) is 8.27. The number of rotatable bonds is 7. The molecule has 2 fully saturated rings. The second kappa shape index (κ2) is 10.7. The molecule has 222 valence electrons. The van der Waals surface area contributed by atoms with E-state index in [1.54, 1.807) is 18.2 Å². The van der Waals surface area contributed by atoms with Gasteiger partial charge in [-0.05, 0) is 35.7 Å². The number of benzene rings is 2. The Morgan fingerprint density at radius 2 is 1.63 bits per heavy atom. The van der Waals surface area contributed by atoms with Crippen LogP contribution in [0.3, 0.4) is 0 Å². The minimum Gasteiger partial charge on any atom is -0.493 e. The summed E-state index contributed by atoms with van der Waals surface area (Å²) in [6, 6.07) is 5.37. The quantitative estimate of drug-likeness (QED) is 0.327. The molecule has 8 atom stereocenters. The molecule has 13 heteroatoms. The van der Waals surface area contributed by atoms with Crippen LogP contribution in [-0.2, 0) is 20.7 Å². The van der Waals surface area contributed by atoms with E-state index in [4.69, 9.17) is 37.9 Å². The molecular weight excluding hydrogens is 544 g/mol. The smallest absolute Gasteiger partial charge is 0.310 e. The Morgan fingerprint density at radius 3 is 2.29 bits per heavy atom. The molecule has 2 saturated heterocycles. The van der Waals surface area contributed by atoms with Crippen molar-refractivity contribution < 1.29 is 63.1 Å². The summed E-state index contributed by atoms with van der Waals surface area (Å²) in [6.07, 6.45) is -7.06. The molecule has 3 heterocycles. The van der Waals surface area contributed by atoms with Crippen molar-refractivity contribution in [3.8, 4) is 34.5 Å². The lowest BCUT2D eigenvalue weighted by atomic mass is 9.67. The van der Waals surface area contributed by atoms with Crippen LogP contribution in [0.4, 0.5) is 0 Å². The van der Waals surface area contributed by atoms with Gasteiger partial charge in [0.1, 0.15) is 24.4 Å². The average molecular weight is 577 g/mol. The van der Waals surface area contributed by atoms with E-state index in [0.717, 1.165) is 0 Å². The number of carbonyl (C=O) groups is 1. The van der Waals surface area contributed by atoms with E-state index < -0.39 is 49.1 Å².